The molecule has 1 N–H and O–H groups in total. The number of hydrogen-bond acceptors (Lipinski definition) is 4. The number of ketones is 1. The van der Waals surface area contributed by atoms with E-state index in [1.165, 1.54) is 0 Å². The zero-order valence-corrected chi connectivity index (χ0v) is 11.4. The van der Waals surface area contributed by atoms with Gasteiger partial charge in [0.15, 0.2) is 12.5 Å². The first-order chi connectivity index (χ1) is 8.65. The number of hydrogen-bond donors (Lipinski definition) is 1. The van der Waals surface area contributed by atoms with E-state index >= 15 is 0 Å². The fourth-order valence-electron chi connectivity index (χ4n) is 0.959. The molecule has 1 aromatic carbocycles. The second-order valence-electron chi connectivity index (χ2n) is 3.00. The second-order valence-corrected chi connectivity index (χ2v) is 3.99. The molecule has 0 saturated carbocycles. The van der Waals surface area contributed by atoms with Crippen LogP contribution in [0.1, 0.15) is 24.2 Å². The molecule has 0 spiro atoms. The zero-order valence-electron chi connectivity index (χ0n) is 10.5. The van der Waals surface area contributed by atoms with E-state index in [9.17, 15) is 9.18 Å². The summed E-state index contributed by atoms with van der Waals surface area (Å²) in [6.45, 7) is 3.71. The molecule has 0 atom stereocenters. The third-order valence-corrected chi connectivity index (χ3v) is 2.65. The Kier molecular flexibility index (Phi) is 10.7. The summed E-state index contributed by atoms with van der Waals surface area (Å²) < 4.78 is 21.1. The molecule has 0 aromatic heterocycles. The van der Waals surface area contributed by atoms with Crippen LogP contribution in [0.15, 0.2) is 30.3 Å². The molecule has 1 rings (SSSR count). The van der Waals surface area contributed by atoms with Crippen molar-refractivity contribution >= 4 is 14.4 Å². The fraction of sp³-hybridized carbons (Fsp3) is 0.417. The van der Waals surface area contributed by atoms with Gasteiger partial charge in [-0.3, -0.25) is 4.79 Å². The lowest BCUT2D eigenvalue weighted by atomic mass is 10.1. The highest BCUT2D eigenvalue weighted by Crippen LogP contribution is 2.31. The number of benzene rings is 1. The van der Waals surface area contributed by atoms with Crippen molar-refractivity contribution in [2.24, 2.45) is 0 Å². The number of halogens is 1. The predicted octanol–water partition coefficient (Wildman–Crippen LogP) is 3.12. The van der Waals surface area contributed by atoms with E-state index < -0.39 is 21.1 Å². The van der Waals surface area contributed by atoms with Crippen LogP contribution in [0.4, 0.5) is 4.39 Å². The van der Waals surface area contributed by atoms with Crippen LogP contribution in [-0.2, 0) is 9.05 Å². The maximum Gasteiger partial charge on any atom is 0.329 e. The summed E-state index contributed by atoms with van der Waals surface area (Å²) in [4.78, 5) is 19.3. The standard InChI is InChI=1S/C8H7FO.C4H11O3P/c9-6-8(10)7-4-2-1-3-5-7;1-3-6-8(5)7-4-2/h1-5H,6H2;5H,3-4H2,1-2H3. The van der Waals surface area contributed by atoms with Gasteiger partial charge in [-0.2, -0.15) is 0 Å². The first kappa shape index (κ1) is 17.1. The van der Waals surface area contributed by atoms with Crippen LogP contribution in [0, 0.1) is 0 Å². The first-order valence-corrected chi connectivity index (χ1v) is 6.67. The maximum absolute atomic E-state index is 11.7. The molecule has 0 bridgehead atoms. The average Bonchev–Trinajstić information content (AvgIpc) is 2.40. The van der Waals surface area contributed by atoms with Crippen LogP contribution in [0.3, 0.4) is 0 Å². The van der Waals surface area contributed by atoms with E-state index in [4.69, 9.17) is 4.89 Å². The molecular weight excluding hydrogens is 258 g/mol. The van der Waals surface area contributed by atoms with Crippen molar-refractivity contribution in [3.8, 4) is 0 Å². The van der Waals surface area contributed by atoms with E-state index in [0.717, 1.165) is 0 Å². The van der Waals surface area contributed by atoms with Gasteiger partial charge >= 0.3 is 8.60 Å². The Bertz CT molecular complexity index is 315. The van der Waals surface area contributed by atoms with Crippen molar-refractivity contribution in [3.05, 3.63) is 35.9 Å². The van der Waals surface area contributed by atoms with Crippen LogP contribution in [0.25, 0.3) is 0 Å². The van der Waals surface area contributed by atoms with E-state index in [-0.39, 0.29) is 0 Å². The lowest BCUT2D eigenvalue weighted by molar-refractivity contribution is 0.0958. The van der Waals surface area contributed by atoms with Gasteiger partial charge in [0.2, 0.25) is 0 Å². The van der Waals surface area contributed by atoms with Crippen LogP contribution in [-0.4, -0.2) is 30.6 Å². The Morgan fingerprint density at radius 2 is 1.72 bits per heavy atom. The topological polar surface area (TPSA) is 55.8 Å². The number of carbonyl (C=O) groups is 1. The van der Waals surface area contributed by atoms with Crippen LogP contribution < -0.4 is 0 Å². The molecule has 6 heteroatoms. The van der Waals surface area contributed by atoms with Crippen molar-refractivity contribution in [2.75, 3.05) is 19.9 Å². The van der Waals surface area contributed by atoms with Crippen LogP contribution >= 0.6 is 8.60 Å². The Labute approximate surface area is 108 Å². The Morgan fingerprint density at radius 3 is 2.11 bits per heavy atom. The molecule has 102 valence electrons. The van der Waals surface area contributed by atoms with Gasteiger partial charge in [0.05, 0.1) is 13.2 Å². The smallest absolute Gasteiger partial charge is 0.328 e. The Balaban J connectivity index is 0.000000331. The normalized spacial score (nSPS) is 9.83. The molecule has 4 nitrogen and oxygen atoms in total. The molecule has 0 aliphatic heterocycles. The minimum Gasteiger partial charge on any atom is -0.328 e. The number of carbonyl (C=O) groups excluding carboxylic acids is 1. The van der Waals surface area contributed by atoms with Gasteiger partial charge in [0.1, 0.15) is 0 Å². The van der Waals surface area contributed by atoms with Gasteiger partial charge in [0, 0.05) is 5.56 Å². The molecule has 0 fully saturated rings. The minimum atomic E-state index is -1.58. The minimum absolute atomic E-state index is 0.435. The summed E-state index contributed by atoms with van der Waals surface area (Å²) >= 11 is 0. The van der Waals surface area contributed by atoms with E-state index in [1.54, 1.807) is 30.3 Å². The summed E-state index contributed by atoms with van der Waals surface area (Å²) in [6, 6.07) is 8.41. The SMILES string of the molecule is CCOP(O)OCC.O=C(CF)c1ccccc1. The lowest BCUT2D eigenvalue weighted by Crippen LogP contribution is -1.99. The third kappa shape index (κ3) is 8.25. The van der Waals surface area contributed by atoms with Gasteiger partial charge < -0.3 is 13.9 Å². The maximum atomic E-state index is 11.7. The van der Waals surface area contributed by atoms with Crippen molar-refractivity contribution in [1.82, 2.24) is 0 Å². The van der Waals surface area contributed by atoms with Crippen molar-refractivity contribution in [3.63, 3.8) is 0 Å². The molecule has 0 radical (unpaired) electrons. The summed E-state index contributed by atoms with van der Waals surface area (Å²) in [7, 11) is -1.58. The Hall–Kier alpha value is -0.870. The summed E-state index contributed by atoms with van der Waals surface area (Å²) in [6.07, 6.45) is 0. The molecule has 0 heterocycles. The van der Waals surface area contributed by atoms with Gasteiger partial charge in [-0.15, -0.1) is 0 Å². The largest absolute Gasteiger partial charge is 0.329 e. The second kappa shape index (κ2) is 11.2. The molecular formula is C12H18FO4P. The van der Waals surface area contributed by atoms with Crippen LogP contribution in [0.2, 0.25) is 0 Å². The molecule has 0 aliphatic carbocycles. The average molecular weight is 276 g/mol. The van der Waals surface area contributed by atoms with Crippen molar-refractivity contribution < 1.29 is 23.1 Å². The van der Waals surface area contributed by atoms with Crippen molar-refractivity contribution in [1.29, 1.82) is 0 Å². The summed E-state index contributed by atoms with van der Waals surface area (Å²) in [5, 5.41) is 0. The van der Waals surface area contributed by atoms with Gasteiger partial charge in [0.25, 0.3) is 0 Å². The molecule has 1 aromatic rings. The quantitative estimate of drug-likeness (QED) is 0.640. The number of rotatable bonds is 6. The molecule has 0 aliphatic rings. The van der Waals surface area contributed by atoms with Gasteiger partial charge in [-0.05, 0) is 13.8 Å². The highest BCUT2D eigenvalue weighted by atomic mass is 31.2. The number of Topliss-reactive ketones (excluding diaryl/α,β-unsaturated/α-hetero) is 1. The third-order valence-electron chi connectivity index (χ3n) is 1.70. The highest BCUT2D eigenvalue weighted by Gasteiger charge is 2.01. The first-order valence-electron chi connectivity index (χ1n) is 5.54. The van der Waals surface area contributed by atoms with E-state index in [1.807, 2.05) is 13.8 Å². The Morgan fingerprint density at radius 1 is 1.22 bits per heavy atom. The molecule has 18 heavy (non-hydrogen) atoms. The number of alkyl halides is 1. The summed E-state index contributed by atoms with van der Waals surface area (Å²) in [5.41, 5.74) is 0.435. The van der Waals surface area contributed by atoms with Crippen LogP contribution in [0.5, 0.6) is 0 Å². The molecule has 0 amide bonds. The summed E-state index contributed by atoms with van der Waals surface area (Å²) in [5.74, 6) is -0.458. The molecule has 0 unspecified atom stereocenters. The van der Waals surface area contributed by atoms with E-state index in [0.29, 0.717) is 18.8 Å². The molecule has 0 saturated heterocycles. The zero-order chi connectivity index (χ0) is 13.8. The monoisotopic (exact) mass is 276 g/mol. The lowest BCUT2D eigenvalue weighted by Gasteiger charge is -2.05. The van der Waals surface area contributed by atoms with Gasteiger partial charge in [-0.1, -0.05) is 30.3 Å². The predicted molar refractivity (Wildman–Crippen MR) is 69.1 cm³/mol. The fourth-order valence-corrected chi connectivity index (χ4v) is 1.48. The van der Waals surface area contributed by atoms with E-state index in [2.05, 4.69) is 9.05 Å². The highest BCUT2D eigenvalue weighted by molar-refractivity contribution is 7.40. The van der Waals surface area contributed by atoms with Crippen molar-refractivity contribution in [2.45, 2.75) is 13.8 Å². The van der Waals surface area contributed by atoms with Gasteiger partial charge in [-0.25, -0.2) is 4.39 Å².